The predicted molar refractivity (Wildman–Crippen MR) is 52.6 cm³/mol. The quantitative estimate of drug-likeness (QED) is 0.562. The maximum atomic E-state index is 11.5. The van der Waals surface area contributed by atoms with Gasteiger partial charge < -0.3 is 20.6 Å². The van der Waals surface area contributed by atoms with Crippen molar-refractivity contribution in [1.29, 1.82) is 0 Å². The first-order valence-corrected chi connectivity index (χ1v) is 5.18. The second-order valence-corrected chi connectivity index (χ2v) is 3.97. The minimum absolute atomic E-state index is 0.0175. The van der Waals surface area contributed by atoms with Crippen LogP contribution < -0.4 is 10.6 Å². The second kappa shape index (κ2) is 4.06. The van der Waals surface area contributed by atoms with Gasteiger partial charge in [0, 0.05) is 26.1 Å². The summed E-state index contributed by atoms with van der Waals surface area (Å²) in [5, 5.41) is 14.2. The Morgan fingerprint density at radius 1 is 1.53 bits per heavy atom. The van der Waals surface area contributed by atoms with Crippen molar-refractivity contribution < 1.29 is 14.7 Å². The lowest BCUT2D eigenvalue weighted by Gasteiger charge is -2.28. The van der Waals surface area contributed by atoms with Crippen molar-refractivity contribution in [1.82, 2.24) is 15.5 Å². The Morgan fingerprint density at radius 2 is 2.33 bits per heavy atom. The van der Waals surface area contributed by atoms with Crippen LogP contribution in [0.1, 0.15) is 12.8 Å². The van der Waals surface area contributed by atoms with Crippen molar-refractivity contribution in [3.8, 4) is 0 Å². The van der Waals surface area contributed by atoms with Crippen LogP contribution in [0, 0.1) is 0 Å². The number of hydrogen-bond donors (Lipinski definition) is 3. The summed E-state index contributed by atoms with van der Waals surface area (Å²) in [6.45, 7) is 2.03. The third-order valence-corrected chi connectivity index (χ3v) is 3.00. The normalized spacial score (nSPS) is 30.9. The zero-order valence-corrected chi connectivity index (χ0v) is 8.40. The second-order valence-electron chi connectivity index (χ2n) is 3.97. The van der Waals surface area contributed by atoms with Crippen molar-refractivity contribution >= 4 is 12.0 Å². The zero-order chi connectivity index (χ0) is 10.8. The molecule has 0 bridgehead atoms. The van der Waals surface area contributed by atoms with Crippen LogP contribution >= 0.6 is 0 Å². The number of hydrogen-bond acceptors (Lipinski definition) is 3. The van der Waals surface area contributed by atoms with E-state index < -0.39 is 6.09 Å². The van der Waals surface area contributed by atoms with Gasteiger partial charge in [0.25, 0.3) is 0 Å². The number of nitrogens with zero attached hydrogens (tertiary/aromatic N) is 1. The lowest BCUT2D eigenvalue weighted by Crippen LogP contribution is -2.51. The third-order valence-electron chi connectivity index (χ3n) is 3.00. The molecule has 0 aromatic carbocycles. The molecule has 2 atom stereocenters. The highest BCUT2D eigenvalue weighted by atomic mass is 16.4. The monoisotopic (exact) mass is 213 g/mol. The van der Waals surface area contributed by atoms with E-state index in [0.29, 0.717) is 19.5 Å². The number of amides is 2. The molecule has 0 aliphatic carbocycles. The summed E-state index contributed by atoms with van der Waals surface area (Å²) in [5.41, 5.74) is 0. The van der Waals surface area contributed by atoms with Gasteiger partial charge in [-0.1, -0.05) is 0 Å². The number of carbonyl (C=O) groups excluding carboxylic acids is 1. The SMILES string of the molecule is O=C(O)N[C@H]1CNC[C@@H]1N1CCCC1=O. The lowest BCUT2D eigenvalue weighted by atomic mass is 10.1. The average molecular weight is 213 g/mol. The predicted octanol–water partition coefficient (Wildman–Crippen LogP) is -0.783. The Kier molecular flexibility index (Phi) is 2.77. The number of nitrogens with one attached hydrogen (secondary N) is 2. The lowest BCUT2D eigenvalue weighted by molar-refractivity contribution is -0.129. The van der Waals surface area contributed by atoms with E-state index in [1.807, 2.05) is 0 Å². The fourth-order valence-corrected chi connectivity index (χ4v) is 2.32. The Labute approximate surface area is 87.6 Å². The van der Waals surface area contributed by atoms with Crippen LogP contribution in [0.5, 0.6) is 0 Å². The topological polar surface area (TPSA) is 81.7 Å². The summed E-state index contributed by atoms with van der Waals surface area (Å²) in [4.78, 5) is 23.9. The number of carbonyl (C=O) groups is 2. The molecule has 15 heavy (non-hydrogen) atoms. The highest BCUT2D eigenvalue weighted by Crippen LogP contribution is 2.17. The molecular formula is C9H15N3O3. The molecule has 2 amide bonds. The number of likely N-dealkylation sites (tertiary alicyclic amines) is 1. The van der Waals surface area contributed by atoms with E-state index in [1.165, 1.54) is 0 Å². The smallest absolute Gasteiger partial charge is 0.404 e. The number of rotatable bonds is 2. The van der Waals surface area contributed by atoms with Crippen LogP contribution in [-0.2, 0) is 4.79 Å². The summed E-state index contributed by atoms with van der Waals surface area (Å²) < 4.78 is 0. The van der Waals surface area contributed by atoms with Crippen LogP contribution in [0.25, 0.3) is 0 Å². The van der Waals surface area contributed by atoms with E-state index in [0.717, 1.165) is 13.0 Å². The third kappa shape index (κ3) is 2.04. The highest BCUT2D eigenvalue weighted by molar-refractivity contribution is 5.78. The molecule has 2 saturated heterocycles. The Morgan fingerprint density at radius 3 is 2.93 bits per heavy atom. The van der Waals surface area contributed by atoms with Gasteiger partial charge in [-0.3, -0.25) is 4.79 Å². The largest absolute Gasteiger partial charge is 0.465 e. The maximum Gasteiger partial charge on any atom is 0.404 e. The van der Waals surface area contributed by atoms with Gasteiger partial charge in [-0.15, -0.1) is 0 Å². The minimum Gasteiger partial charge on any atom is -0.465 e. The standard InChI is InChI=1S/C9H15N3O3/c13-8-2-1-3-12(8)7-5-10-4-6(7)11-9(14)15/h6-7,10-11H,1-5H2,(H,14,15)/t6-,7-/m0/s1. The van der Waals surface area contributed by atoms with E-state index in [2.05, 4.69) is 10.6 Å². The summed E-state index contributed by atoms with van der Waals surface area (Å²) in [6.07, 6.45) is 0.450. The number of carboxylic acid groups (broad SMARTS) is 1. The molecule has 0 radical (unpaired) electrons. The van der Waals surface area contributed by atoms with Crippen molar-refractivity contribution in [2.24, 2.45) is 0 Å². The molecule has 2 rings (SSSR count). The van der Waals surface area contributed by atoms with Crippen LogP contribution in [0.2, 0.25) is 0 Å². The maximum absolute atomic E-state index is 11.5. The fraction of sp³-hybridized carbons (Fsp3) is 0.778. The van der Waals surface area contributed by atoms with E-state index in [-0.39, 0.29) is 18.0 Å². The molecule has 0 spiro atoms. The molecule has 6 nitrogen and oxygen atoms in total. The van der Waals surface area contributed by atoms with E-state index in [4.69, 9.17) is 5.11 Å². The summed E-state index contributed by atoms with van der Waals surface area (Å²) in [7, 11) is 0. The van der Waals surface area contributed by atoms with Gasteiger partial charge in [0.15, 0.2) is 0 Å². The van der Waals surface area contributed by atoms with Gasteiger partial charge in [-0.05, 0) is 6.42 Å². The summed E-state index contributed by atoms with van der Waals surface area (Å²) in [5.74, 6) is 0.140. The molecule has 6 heteroatoms. The van der Waals surface area contributed by atoms with Gasteiger partial charge >= 0.3 is 6.09 Å². The Balaban J connectivity index is 2.00. The van der Waals surface area contributed by atoms with Gasteiger partial charge in [0.1, 0.15) is 0 Å². The Hall–Kier alpha value is -1.30. The van der Waals surface area contributed by atoms with Crippen LogP contribution in [0.4, 0.5) is 4.79 Å². The van der Waals surface area contributed by atoms with E-state index >= 15 is 0 Å². The summed E-state index contributed by atoms with van der Waals surface area (Å²) >= 11 is 0. The fourth-order valence-electron chi connectivity index (χ4n) is 2.32. The van der Waals surface area contributed by atoms with E-state index in [9.17, 15) is 9.59 Å². The first kappa shape index (κ1) is 10.2. The van der Waals surface area contributed by atoms with Crippen molar-refractivity contribution in [2.45, 2.75) is 24.9 Å². The molecule has 0 saturated carbocycles. The average Bonchev–Trinajstić information content (AvgIpc) is 2.73. The van der Waals surface area contributed by atoms with Gasteiger partial charge in [-0.2, -0.15) is 0 Å². The molecule has 2 aliphatic heterocycles. The molecule has 2 fully saturated rings. The molecule has 84 valence electrons. The molecular weight excluding hydrogens is 198 g/mol. The minimum atomic E-state index is -1.03. The van der Waals surface area contributed by atoms with Crippen LogP contribution in [-0.4, -0.2) is 53.7 Å². The molecule has 3 N–H and O–H groups in total. The molecule has 0 aromatic rings. The first-order chi connectivity index (χ1) is 7.18. The molecule has 2 heterocycles. The van der Waals surface area contributed by atoms with Crippen LogP contribution in [0.3, 0.4) is 0 Å². The molecule has 0 unspecified atom stereocenters. The van der Waals surface area contributed by atoms with E-state index in [1.54, 1.807) is 4.90 Å². The zero-order valence-electron chi connectivity index (χ0n) is 8.40. The van der Waals surface area contributed by atoms with Crippen molar-refractivity contribution in [2.75, 3.05) is 19.6 Å². The van der Waals surface area contributed by atoms with Gasteiger partial charge in [0.2, 0.25) is 5.91 Å². The van der Waals surface area contributed by atoms with Gasteiger partial charge in [-0.25, -0.2) is 4.79 Å². The van der Waals surface area contributed by atoms with Crippen molar-refractivity contribution in [3.63, 3.8) is 0 Å². The summed E-state index contributed by atoms with van der Waals surface area (Å²) in [6, 6.07) is -0.194. The van der Waals surface area contributed by atoms with Gasteiger partial charge in [0.05, 0.1) is 12.1 Å². The Bertz CT molecular complexity index is 282. The molecule has 0 aromatic heterocycles. The first-order valence-electron chi connectivity index (χ1n) is 5.18. The van der Waals surface area contributed by atoms with Crippen molar-refractivity contribution in [3.05, 3.63) is 0 Å². The highest BCUT2D eigenvalue weighted by Gasteiger charge is 2.37. The molecule has 2 aliphatic rings. The van der Waals surface area contributed by atoms with Crippen LogP contribution in [0.15, 0.2) is 0 Å².